The zero-order valence-electron chi connectivity index (χ0n) is 20.6. The number of amides is 2. The topological polar surface area (TPSA) is 73.9 Å². The zero-order valence-corrected chi connectivity index (χ0v) is 22.1. The molecular weight excluding hydrogens is 508 g/mol. The van der Waals surface area contributed by atoms with E-state index in [0.29, 0.717) is 30.1 Å². The standard InChI is InChI=1S/C28H29ClN4O3S/c1-36-22-9-7-21(8-10-22)32-12-14-33(15-13-32)28(35)19-6-11-24-25(16-19)31-27(34)26(30-24)18-37-17-20-4-2-3-5-23(20)29/h2-11,16,26,30H,12-15,17-18H2,1H3,(H,31,34)/t26-/m0/s1. The minimum absolute atomic E-state index is 0.0242. The molecule has 192 valence electrons. The van der Waals surface area contributed by atoms with Gasteiger partial charge in [0, 0.05) is 54.0 Å². The zero-order chi connectivity index (χ0) is 25.8. The molecule has 0 bridgehead atoms. The van der Waals surface area contributed by atoms with Crippen LogP contribution >= 0.6 is 23.4 Å². The number of ether oxygens (including phenoxy) is 1. The molecule has 0 aliphatic carbocycles. The van der Waals surface area contributed by atoms with Gasteiger partial charge in [0.1, 0.15) is 11.8 Å². The summed E-state index contributed by atoms with van der Waals surface area (Å²) in [4.78, 5) is 30.1. The largest absolute Gasteiger partial charge is 0.497 e. The maximum absolute atomic E-state index is 13.2. The van der Waals surface area contributed by atoms with Crippen LogP contribution < -0.4 is 20.3 Å². The van der Waals surface area contributed by atoms with Crippen molar-refractivity contribution in [3.63, 3.8) is 0 Å². The van der Waals surface area contributed by atoms with Crippen LogP contribution in [0.4, 0.5) is 17.1 Å². The van der Waals surface area contributed by atoms with Gasteiger partial charge >= 0.3 is 0 Å². The second-order valence-corrected chi connectivity index (χ2v) is 10.5. The van der Waals surface area contributed by atoms with Crippen molar-refractivity contribution in [1.29, 1.82) is 0 Å². The van der Waals surface area contributed by atoms with Gasteiger partial charge in [0.05, 0.1) is 18.5 Å². The Morgan fingerprint density at radius 1 is 1.03 bits per heavy atom. The fourth-order valence-corrected chi connectivity index (χ4v) is 5.88. The van der Waals surface area contributed by atoms with Gasteiger partial charge in [0.2, 0.25) is 5.91 Å². The third kappa shape index (κ3) is 5.81. The van der Waals surface area contributed by atoms with Crippen molar-refractivity contribution in [2.45, 2.75) is 11.8 Å². The number of nitrogens with one attached hydrogen (secondary N) is 2. The van der Waals surface area contributed by atoms with Gasteiger partial charge in [-0.1, -0.05) is 29.8 Å². The molecule has 0 saturated carbocycles. The number of hydrogen-bond acceptors (Lipinski definition) is 6. The molecule has 7 nitrogen and oxygen atoms in total. The predicted molar refractivity (Wildman–Crippen MR) is 151 cm³/mol. The minimum atomic E-state index is -0.354. The Bertz CT molecular complexity index is 1280. The van der Waals surface area contributed by atoms with Crippen LogP contribution in [-0.4, -0.2) is 61.8 Å². The van der Waals surface area contributed by atoms with E-state index in [9.17, 15) is 9.59 Å². The lowest BCUT2D eigenvalue weighted by atomic mass is 10.1. The summed E-state index contributed by atoms with van der Waals surface area (Å²) in [6, 6.07) is 20.8. The molecule has 0 spiro atoms. The van der Waals surface area contributed by atoms with E-state index in [2.05, 4.69) is 15.5 Å². The number of anilines is 3. The number of thioether (sulfide) groups is 1. The number of benzene rings is 3. The van der Waals surface area contributed by atoms with E-state index < -0.39 is 0 Å². The second-order valence-electron chi connectivity index (χ2n) is 9.03. The molecule has 2 heterocycles. The second kappa shape index (κ2) is 11.4. The van der Waals surface area contributed by atoms with Gasteiger partial charge in [0.15, 0.2) is 0 Å². The highest BCUT2D eigenvalue weighted by atomic mass is 35.5. The molecule has 0 aromatic heterocycles. The van der Waals surface area contributed by atoms with Crippen LogP contribution in [0.15, 0.2) is 66.7 Å². The molecule has 3 aromatic carbocycles. The Morgan fingerprint density at radius 3 is 2.51 bits per heavy atom. The van der Waals surface area contributed by atoms with Crippen molar-refractivity contribution < 1.29 is 14.3 Å². The van der Waals surface area contributed by atoms with Crippen molar-refractivity contribution in [3.8, 4) is 5.75 Å². The van der Waals surface area contributed by atoms with E-state index in [0.717, 1.165) is 46.6 Å². The summed E-state index contributed by atoms with van der Waals surface area (Å²) in [6.07, 6.45) is 0. The summed E-state index contributed by atoms with van der Waals surface area (Å²) in [7, 11) is 1.66. The van der Waals surface area contributed by atoms with Gasteiger partial charge in [-0.2, -0.15) is 11.8 Å². The van der Waals surface area contributed by atoms with Gasteiger partial charge < -0.3 is 25.2 Å². The van der Waals surface area contributed by atoms with E-state index in [-0.39, 0.29) is 17.9 Å². The van der Waals surface area contributed by atoms with Crippen LogP contribution in [0.2, 0.25) is 5.02 Å². The SMILES string of the molecule is COc1ccc(N2CCN(C(=O)c3ccc4c(c3)NC(=O)[C@H](CSCc3ccccc3Cl)N4)CC2)cc1. The van der Waals surface area contributed by atoms with E-state index in [1.807, 2.05) is 65.6 Å². The quantitative estimate of drug-likeness (QED) is 0.444. The van der Waals surface area contributed by atoms with Crippen molar-refractivity contribution >= 4 is 52.2 Å². The van der Waals surface area contributed by atoms with Crippen molar-refractivity contribution in [2.75, 3.05) is 54.6 Å². The van der Waals surface area contributed by atoms with Crippen LogP contribution in [0.5, 0.6) is 5.75 Å². The fourth-order valence-electron chi connectivity index (χ4n) is 4.54. The predicted octanol–water partition coefficient (Wildman–Crippen LogP) is 4.98. The van der Waals surface area contributed by atoms with Gasteiger partial charge in [-0.3, -0.25) is 9.59 Å². The smallest absolute Gasteiger partial charge is 0.254 e. The number of piperazine rings is 1. The Balaban J connectivity index is 1.16. The van der Waals surface area contributed by atoms with Gasteiger partial charge in [-0.05, 0) is 54.1 Å². The molecule has 2 aliphatic rings. The van der Waals surface area contributed by atoms with Gasteiger partial charge in [-0.15, -0.1) is 0 Å². The Hall–Kier alpha value is -3.36. The summed E-state index contributed by atoms with van der Waals surface area (Å²) < 4.78 is 5.24. The van der Waals surface area contributed by atoms with E-state index >= 15 is 0 Å². The lowest BCUT2D eigenvalue weighted by Crippen LogP contribution is -2.48. The molecule has 1 fully saturated rings. The monoisotopic (exact) mass is 536 g/mol. The first-order valence-corrected chi connectivity index (χ1v) is 13.8. The third-order valence-electron chi connectivity index (χ3n) is 6.67. The molecule has 5 rings (SSSR count). The van der Waals surface area contributed by atoms with E-state index in [1.165, 1.54) is 0 Å². The normalized spacial score (nSPS) is 17.0. The first-order chi connectivity index (χ1) is 18.0. The lowest BCUT2D eigenvalue weighted by Gasteiger charge is -2.36. The molecule has 0 radical (unpaired) electrons. The molecule has 9 heteroatoms. The first-order valence-electron chi connectivity index (χ1n) is 12.2. The highest BCUT2D eigenvalue weighted by molar-refractivity contribution is 7.98. The number of rotatable bonds is 7. The Labute approximate surface area is 226 Å². The summed E-state index contributed by atoms with van der Waals surface area (Å²) in [5.41, 5.74) is 4.21. The molecule has 2 aliphatic heterocycles. The van der Waals surface area contributed by atoms with E-state index in [4.69, 9.17) is 16.3 Å². The van der Waals surface area contributed by atoms with Crippen molar-refractivity contribution in [2.24, 2.45) is 0 Å². The van der Waals surface area contributed by atoms with Gasteiger partial charge in [0.25, 0.3) is 5.91 Å². The third-order valence-corrected chi connectivity index (χ3v) is 8.13. The van der Waals surface area contributed by atoms with Crippen LogP contribution in [0.3, 0.4) is 0 Å². The molecule has 2 amide bonds. The molecule has 0 unspecified atom stereocenters. The number of fused-ring (bicyclic) bond motifs is 1. The number of carbonyl (C=O) groups is 2. The number of halogens is 1. The highest BCUT2D eigenvalue weighted by Gasteiger charge is 2.28. The molecule has 2 N–H and O–H groups in total. The number of nitrogens with zero attached hydrogens (tertiary/aromatic N) is 2. The fraction of sp³-hybridized carbons (Fsp3) is 0.286. The first kappa shape index (κ1) is 25.3. The molecule has 3 aromatic rings. The Morgan fingerprint density at radius 2 is 1.78 bits per heavy atom. The summed E-state index contributed by atoms with van der Waals surface area (Å²) >= 11 is 7.89. The van der Waals surface area contributed by atoms with Crippen molar-refractivity contribution in [3.05, 3.63) is 82.9 Å². The summed E-state index contributed by atoms with van der Waals surface area (Å²) in [6.45, 7) is 2.79. The molecule has 37 heavy (non-hydrogen) atoms. The minimum Gasteiger partial charge on any atom is -0.497 e. The molecule has 1 saturated heterocycles. The van der Waals surface area contributed by atoms with Crippen LogP contribution in [-0.2, 0) is 10.5 Å². The average Bonchev–Trinajstić information content (AvgIpc) is 2.94. The lowest BCUT2D eigenvalue weighted by molar-refractivity contribution is -0.116. The number of carbonyl (C=O) groups excluding carboxylic acids is 2. The van der Waals surface area contributed by atoms with E-state index in [1.54, 1.807) is 24.9 Å². The highest BCUT2D eigenvalue weighted by Crippen LogP contribution is 2.30. The van der Waals surface area contributed by atoms with Crippen molar-refractivity contribution in [1.82, 2.24) is 4.90 Å². The average molecular weight is 537 g/mol. The number of methoxy groups -OCH3 is 1. The number of hydrogen-bond donors (Lipinski definition) is 2. The Kier molecular flexibility index (Phi) is 7.76. The summed E-state index contributed by atoms with van der Waals surface area (Å²) in [5.74, 6) is 2.04. The molecule has 1 atom stereocenters. The summed E-state index contributed by atoms with van der Waals surface area (Å²) in [5, 5.41) is 7.03. The van der Waals surface area contributed by atoms with Crippen LogP contribution in [0.25, 0.3) is 0 Å². The van der Waals surface area contributed by atoms with Crippen LogP contribution in [0, 0.1) is 0 Å². The van der Waals surface area contributed by atoms with Gasteiger partial charge in [-0.25, -0.2) is 0 Å². The molecular formula is C28H29ClN4O3S. The maximum Gasteiger partial charge on any atom is 0.254 e. The maximum atomic E-state index is 13.2. The van der Waals surface area contributed by atoms with Crippen LogP contribution in [0.1, 0.15) is 15.9 Å².